The molecule has 0 saturated carbocycles. The number of carbonyl (C=O) groups excluding carboxylic acids is 2. The normalized spacial score (nSPS) is 19.1. The third kappa shape index (κ3) is 4.04. The molecule has 1 saturated heterocycles. The number of hydrogen-bond acceptors (Lipinski definition) is 4. The van der Waals surface area contributed by atoms with Crippen LogP contribution in [0.5, 0.6) is 0 Å². The van der Waals surface area contributed by atoms with Gasteiger partial charge in [-0.25, -0.2) is 4.98 Å². The number of morpholine rings is 1. The maximum atomic E-state index is 12.0. The summed E-state index contributed by atoms with van der Waals surface area (Å²) in [5, 5.41) is 2.80. The summed E-state index contributed by atoms with van der Waals surface area (Å²) in [4.78, 5) is 29.5. The molecule has 2 rings (SSSR count). The van der Waals surface area contributed by atoms with E-state index < -0.39 is 0 Å². The van der Waals surface area contributed by atoms with Crippen molar-refractivity contribution in [2.24, 2.45) is 13.0 Å². The first kappa shape index (κ1) is 15.5. The summed E-state index contributed by atoms with van der Waals surface area (Å²) in [6.45, 7) is 5.81. The fourth-order valence-corrected chi connectivity index (χ4v) is 2.29. The average molecular weight is 294 g/mol. The van der Waals surface area contributed by atoms with Crippen LogP contribution in [0.2, 0.25) is 0 Å². The van der Waals surface area contributed by atoms with Gasteiger partial charge in [-0.2, -0.15) is 0 Å². The van der Waals surface area contributed by atoms with Crippen molar-refractivity contribution < 1.29 is 14.3 Å². The molecule has 2 amide bonds. The number of hydrogen-bond donors (Lipinski definition) is 1. The Morgan fingerprint density at radius 3 is 2.95 bits per heavy atom. The minimum absolute atomic E-state index is 0.00961. The zero-order chi connectivity index (χ0) is 15.4. The van der Waals surface area contributed by atoms with Crippen molar-refractivity contribution in [3.8, 4) is 0 Å². The Hall–Kier alpha value is -1.89. The number of nitrogens with zero attached hydrogens (tertiary/aromatic N) is 3. The van der Waals surface area contributed by atoms with E-state index in [-0.39, 0.29) is 24.5 Å². The summed E-state index contributed by atoms with van der Waals surface area (Å²) in [6.07, 6.45) is 3.12. The van der Waals surface area contributed by atoms with Crippen molar-refractivity contribution in [3.63, 3.8) is 0 Å². The fraction of sp³-hybridized carbons (Fsp3) is 0.643. The van der Waals surface area contributed by atoms with Crippen molar-refractivity contribution in [3.05, 3.63) is 18.2 Å². The third-order valence-electron chi connectivity index (χ3n) is 3.32. The van der Waals surface area contributed by atoms with Gasteiger partial charge in [0.2, 0.25) is 5.91 Å². The lowest BCUT2D eigenvalue weighted by Crippen LogP contribution is -2.51. The summed E-state index contributed by atoms with van der Waals surface area (Å²) >= 11 is 0. The number of rotatable bonds is 5. The number of carbonyl (C=O) groups is 2. The van der Waals surface area contributed by atoms with Crippen molar-refractivity contribution in [1.29, 1.82) is 0 Å². The molecule has 1 aromatic rings. The molecule has 2 heterocycles. The van der Waals surface area contributed by atoms with Gasteiger partial charge in [-0.05, 0) is 5.92 Å². The molecule has 7 nitrogen and oxygen atoms in total. The zero-order valence-electron chi connectivity index (χ0n) is 12.7. The summed E-state index contributed by atoms with van der Waals surface area (Å²) in [7, 11) is 1.77. The molecular weight excluding hydrogens is 272 g/mol. The highest BCUT2D eigenvalue weighted by atomic mass is 16.5. The largest absolute Gasteiger partial charge is 0.365 e. The van der Waals surface area contributed by atoms with E-state index in [1.54, 1.807) is 28.9 Å². The minimum Gasteiger partial charge on any atom is -0.365 e. The van der Waals surface area contributed by atoms with Gasteiger partial charge in [0.15, 0.2) is 5.82 Å². The van der Waals surface area contributed by atoms with E-state index in [9.17, 15) is 9.59 Å². The van der Waals surface area contributed by atoms with Crippen molar-refractivity contribution in [2.45, 2.75) is 20.0 Å². The molecular formula is C14H22N4O3. The van der Waals surface area contributed by atoms with Crippen LogP contribution in [0.25, 0.3) is 0 Å². The zero-order valence-corrected chi connectivity index (χ0v) is 12.7. The van der Waals surface area contributed by atoms with E-state index >= 15 is 0 Å². The van der Waals surface area contributed by atoms with Crippen LogP contribution in [-0.4, -0.2) is 58.6 Å². The summed E-state index contributed by atoms with van der Waals surface area (Å²) < 4.78 is 7.13. The van der Waals surface area contributed by atoms with Crippen molar-refractivity contribution in [1.82, 2.24) is 19.8 Å². The highest BCUT2D eigenvalue weighted by Crippen LogP contribution is 2.09. The van der Waals surface area contributed by atoms with Crippen LogP contribution in [0.1, 0.15) is 24.5 Å². The molecule has 0 aromatic carbocycles. The first-order valence-electron chi connectivity index (χ1n) is 7.12. The molecule has 116 valence electrons. The van der Waals surface area contributed by atoms with Gasteiger partial charge < -0.3 is 19.5 Å². The van der Waals surface area contributed by atoms with Crippen LogP contribution < -0.4 is 5.32 Å². The van der Waals surface area contributed by atoms with Gasteiger partial charge >= 0.3 is 0 Å². The van der Waals surface area contributed by atoms with Gasteiger partial charge in [-0.15, -0.1) is 0 Å². The lowest BCUT2D eigenvalue weighted by atomic mass is 10.1. The predicted octanol–water partition coefficient (Wildman–Crippen LogP) is 0.0333. The van der Waals surface area contributed by atoms with Gasteiger partial charge in [-0.3, -0.25) is 9.59 Å². The smallest absolute Gasteiger partial charge is 0.287 e. The van der Waals surface area contributed by atoms with E-state index in [1.165, 1.54) is 0 Å². The van der Waals surface area contributed by atoms with Crippen LogP contribution in [-0.2, 0) is 16.6 Å². The summed E-state index contributed by atoms with van der Waals surface area (Å²) in [6, 6.07) is 0. The number of aryl methyl sites for hydroxylation is 1. The molecule has 7 heteroatoms. The van der Waals surface area contributed by atoms with Gasteiger partial charge in [-0.1, -0.05) is 13.8 Å². The second kappa shape index (κ2) is 6.71. The monoisotopic (exact) mass is 294 g/mol. The van der Waals surface area contributed by atoms with Crippen LogP contribution in [0.3, 0.4) is 0 Å². The molecule has 21 heavy (non-hydrogen) atoms. The predicted molar refractivity (Wildman–Crippen MR) is 76.7 cm³/mol. The highest BCUT2D eigenvalue weighted by Gasteiger charge is 2.27. The average Bonchev–Trinajstić information content (AvgIpc) is 2.85. The van der Waals surface area contributed by atoms with E-state index in [1.807, 2.05) is 0 Å². The van der Waals surface area contributed by atoms with Gasteiger partial charge in [0.1, 0.15) is 6.61 Å². The summed E-state index contributed by atoms with van der Waals surface area (Å²) in [5.74, 6) is 0.546. The highest BCUT2D eigenvalue weighted by molar-refractivity contribution is 5.90. The van der Waals surface area contributed by atoms with Crippen LogP contribution in [0.4, 0.5) is 0 Å². The maximum absolute atomic E-state index is 12.0. The van der Waals surface area contributed by atoms with Crippen molar-refractivity contribution >= 4 is 11.8 Å². The second-order valence-electron chi connectivity index (χ2n) is 5.70. The quantitative estimate of drug-likeness (QED) is 0.831. The number of imidazole rings is 1. The molecule has 1 atom stereocenters. The third-order valence-corrected chi connectivity index (χ3v) is 3.32. The van der Waals surface area contributed by atoms with Crippen LogP contribution in [0, 0.1) is 5.92 Å². The lowest BCUT2D eigenvalue weighted by molar-refractivity contribution is -0.149. The van der Waals surface area contributed by atoms with E-state index in [2.05, 4.69) is 24.1 Å². The molecule has 1 fully saturated rings. The Kier molecular flexibility index (Phi) is 4.95. The number of ether oxygens (including phenoxy) is 1. The first-order chi connectivity index (χ1) is 9.97. The molecule has 0 bridgehead atoms. The second-order valence-corrected chi connectivity index (χ2v) is 5.70. The minimum atomic E-state index is -0.238. The molecule has 0 aliphatic carbocycles. The Labute approximate surface area is 124 Å². The molecule has 1 aromatic heterocycles. The Morgan fingerprint density at radius 2 is 2.33 bits per heavy atom. The van der Waals surface area contributed by atoms with Gasteiger partial charge in [0.05, 0.1) is 6.10 Å². The van der Waals surface area contributed by atoms with Crippen molar-refractivity contribution in [2.75, 3.05) is 26.2 Å². The SMILES string of the molecule is CC(C)CN1CC(CNC(=O)c2nccn2C)OCC1=O. The van der Waals surface area contributed by atoms with E-state index in [0.717, 1.165) is 0 Å². The molecule has 1 aliphatic heterocycles. The number of nitrogens with one attached hydrogen (secondary N) is 1. The van der Waals surface area contributed by atoms with E-state index in [4.69, 9.17) is 4.74 Å². The molecule has 0 radical (unpaired) electrons. The molecule has 1 N–H and O–H groups in total. The lowest BCUT2D eigenvalue weighted by Gasteiger charge is -2.33. The Balaban J connectivity index is 1.84. The number of aromatic nitrogens is 2. The number of amides is 2. The Bertz CT molecular complexity index is 512. The summed E-state index contributed by atoms with van der Waals surface area (Å²) in [5.41, 5.74) is 0. The standard InChI is InChI=1S/C14H22N4O3/c1-10(2)7-18-8-11(21-9-12(18)19)6-16-14(20)13-15-4-5-17(13)3/h4-5,10-11H,6-9H2,1-3H3,(H,16,20). The molecule has 1 aliphatic rings. The van der Waals surface area contributed by atoms with Gasteiger partial charge in [0, 0.05) is 39.1 Å². The van der Waals surface area contributed by atoms with E-state index in [0.29, 0.717) is 31.4 Å². The van der Waals surface area contributed by atoms with Gasteiger partial charge in [0.25, 0.3) is 5.91 Å². The first-order valence-corrected chi connectivity index (χ1v) is 7.12. The van der Waals surface area contributed by atoms with Crippen LogP contribution >= 0.6 is 0 Å². The molecule has 1 unspecified atom stereocenters. The molecule has 0 spiro atoms. The Morgan fingerprint density at radius 1 is 1.57 bits per heavy atom. The van der Waals surface area contributed by atoms with Crippen LogP contribution in [0.15, 0.2) is 12.4 Å². The maximum Gasteiger partial charge on any atom is 0.287 e. The fourth-order valence-electron chi connectivity index (χ4n) is 2.29. The topological polar surface area (TPSA) is 76.5 Å².